The number of hydrogen-bond acceptors (Lipinski definition) is 3. The quantitative estimate of drug-likeness (QED) is 0.658. The maximum absolute atomic E-state index is 12.6. The number of fused-ring (bicyclic) bond motifs is 1. The average molecular weight is 378 g/mol. The van der Waals surface area contributed by atoms with Crippen molar-refractivity contribution < 1.29 is 14.0 Å². The van der Waals surface area contributed by atoms with Gasteiger partial charge in [-0.3, -0.25) is 9.59 Å². The lowest BCUT2D eigenvalue weighted by Gasteiger charge is -2.12. The molecule has 2 N–H and O–H groups in total. The minimum atomic E-state index is -0.190. The summed E-state index contributed by atoms with van der Waals surface area (Å²) >= 11 is 0. The number of furan rings is 1. The fourth-order valence-corrected chi connectivity index (χ4v) is 3.07. The van der Waals surface area contributed by atoms with E-state index in [1.807, 2.05) is 39.8 Å². The molecule has 0 radical (unpaired) electrons. The van der Waals surface area contributed by atoms with Crippen molar-refractivity contribution in [1.29, 1.82) is 0 Å². The van der Waals surface area contributed by atoms with Gasteiger partial charge in [0.15, 0.2) is 0 Å². The first-order valence-corrected chi connectivity index (χ1v) is 9.50. The predicted molar refractivity (Wildman–Crippen MR) is 112 cm³/mol. The number of carbonyl (C=O) groups is 2. The molecule has 0 aliphatic carbocycles. The van der Waals surface area contributed by atoms with Gasteiger partial charge < -0.3 is 15.1 Å². The third-order valence-corrected chi connectivity index (χ3v) is 4.81. The van der Waals surface area contributed by atoms with Gasteiger partial charge in [0.2, 0.25) is 5.91 Å². The van der Waals surface area contributed by atoms with Gasteiger partial charge in [-0.1, -0.05) is 38.1 Å². The van der Waals surface area contributed by atoms with Crippen LogP contribution in [0.5, 0.6) is 0 Å². The number of anilines is 1. The van der Waals surface area contributed by atoms with Gasteiger partial charge in [0.05, 0.1) is 23.9 Å². The lowest BCUT2D eigenvalue weighted by atomic mass is 10.0. The van der Waals surface area contributed by atoms with Gasteiger partial charge in [-0.2, -0.15) is 0 Å². The first kappa shape index (κ1) is 19.7. The lowest BCUT2D eigenvalue weighted by Crippen LogP contribution is -2.28. The molecule has 5 nitrogen and oxygen atoms in total. The smallest absolute Gasteiger partial charge is 0.253 e. The van der Waals surface area contributed by atoms with E-state index < -0.39 is 0 Å². The van der Waals surface area contributed by atoms with Gasteiger partial charge in [0, 0.05) is 17.5 Å². The molecule has 5 heteroatoms. The number of hydrogen-bond donors (Lipinski definition) is 2. The number of para-hydroxylation sites is 1. The molecule has 0 atom stereocenters. The number of nitrogens with one attached hydrogen (secondary N) is 2. The highest BCUT2D eigenvalue weighted by Crippen LogP contribution is 2.27. The van der Waals surface area contributed by atoms with Gasteiger partial charge in [0.25, 0.3) is 5.91 Å². The summed E-state index contributed by atoms with van der Waals surface area (Å²) in [6.07, 6.45) is 1.81. The SMILES string of the molecule is Cc1ccc2c(CC(=O)Nc3ccccc3C(=O)NCC(C)C)coc2c1C. The van der Waals surface area contributed by atoms with E-state index in [2.05, 4.69) is 10.6 Å². The molecule has 0 saturated heterocycles. The van der Waals surface area contributed by atoms with Crippen molar-refractivity contribution >= 4 is 28.5 Å². The maximum Gasteiger partial charge on any atom is 0.253 e. The van der Waals surface area contributed by atoms with Crippen LogP contribution in [0.4, 0.5) is 5.69 Å². The molecular formula is C23H26N2O3. The Bertz CT molecular complexity index is 1020. The summed E-state index contributed by atoms with van der Waals surface area (Å²) in [5.41, 5.74) is 4.85. The second kappa shape index (κ2) is 8.30. The summed E-state index contributed by atoms with van der Waals surface area (Å²) in [6, 6.07) is 11.1. The van der Waals surface area contributed by atoms with Crippen LogP contribution in [0.25, 0.3) is 11.0 Å². The zero-order valence-electron chi connectivity index (χ0n) is 16.8. The Balaban J connectivity index is 1.76. The predicted octanol–water partition coefficient (Wildman–Crippen LogP) is 4.62. The van der Waals surface area contributed by atoms with Crippen LogP contribution in [-0.4, -0.2) is 18.4 Å². The molecule has 2 aromatic carbocycles. The molecule has 0 saturated carbocycles. The summed E-state index contributed by atoms with van der Waals surface area (Å²) in [7, 11) is 0. The minimum absolute atomic E-state index is 0.178. The second-order valence-electron chi connectivity index (χ2n) is 7.52. The first-order chi connectivity index (χ1) is 13.4. The van der Waals surface area contributed by atoms with Crippen molar-refractivity contribution in [2.75, 3.05) is 11.9 Å². The van der Waals surface area contributed by atoms with E-state index >= 15 is 0 Å². The molecule has 3 rings (SSSR count). The summed E-state index contributed by atoms with van der Waals surface area (Å²) in [5.74, 6) is -0.0262. The standard InChI is InChI=1S/C23H26N2O3/c1-14(2)12-24-23(27)19-7-5-6-8-20(19)25-21(26)11-17-13-28-22-16(4)15(3)9-10-18(17)22/h5-10,13-14H,11-12H2,1-4H3,(H,24,27)(H,25,26). The van der Waals surface area contributed by atoms with E-state index in [4.69, 9.17) is 4.42 Å². The molecule has 0 aliphatic heterocycles. The number of carbonyl (C=O) groups excluding carboxylic acids is 2. The van der Waals surface area contributed by atoms with E-state index in [0.717, 1.165) is 27.7 Å². The molecule has 0 spiro atoms. The van der Waals surface area contributed by atoms with Gasteiger partial charge >= 0.3 is 0 Å². The van der Waals surface area contributed by atoms with Crippen molar-refractivity contribution in [3.63, 3.8) is 0 Å². The molecular weight excluding hydrogens is 352 g/mol. The number of amides is 2. The molecule has 28 heavy (non-hydrogen) atoms. The highest BCUT2D eigenvalue weighted by Gasteiger charge is 2.16. The Kier molecular flexibility index (Phi) is 5.83. The fraction of sp³-hybridized carbons (Fsp3) is 0.304. The molecule has 0 aliphatic rings. The van der Waals surface area contributed by atoms with Crippen molar-refractivity contribution in [3.05, 3.63) is 64.9 Å². The molecule has 1 heterocycles. The van der Waals surface area contributed by atoms with Crippen LogP contribution in [0, 0.1) is 19.8 Å². The Morgan fingerprint density at radius 2 is 1.82 bits per heavy atom. The zero-order chi connectivity index (χ0) is 20.3. The van der Waals surface area contributed by atoms with E-state index in [1.54, 1.807) is 30.5 Å². The molecule has 0 fully saturated rings. The van der Waals surface area contributed by atoms with Crippen LogP contribution in [0.15, 0.2) is 47.1 Å². The van der Waals surface area contributed by atoms with Crippen molar-refractivity contribution in [2.24, 2.45) is 5.92 Å². The average Bonchev–Trinajstić information content (AvgIpc) is 3.06. The van der Waals surface area contributed by atoms with Crippen LogP contribution in [0.1, 0.15) is 40.9 Å². The Morgan fingerprint density at radius 1 is 1.07 bits per heavy atom. The summed E-state index contributed by atoms with van der Waals surface area (Å²) in [6.45, 7) is 8.70. The second-order valence-corrected chi connectivity index (χ2v) is 7.52. The highest BCUT2D eigenvalue weighted by atomic mass is 16.3. The van der Waals surface area contributed by atoms with E-state index in [9.17, 15) is 9.59 Å². The van der Waals surface area contributed by atoms with Gasteiger partial charge in [-0.05, 0) is 43.0 Å². The lowest BCUT2D eigenvalue weighted by molar-refractivity contribution is -0.115. The van der Waals surface area contributed by atoms with Crippen LogP contribution in [0.3, 0.4) is 0 Å². The largest absolute Gasteiger partial charge is 0.464 e. The van der Waals surface area contributed by atoms with Crippen LogP contribution in [-0.2, 0) is 11.2 Å². The summed E-state index contributed by atoms with van der Waals surface area (Å²) in [5, 5.41) is 6.70. The van der Waals surface area contributed by atoms with Gasteiger partial charge in [0.1, 0.15) is 5.58 Å². The molecule has 0 bridgehead atoms. The molecule has 1 aromatic heterocycles. The number of benzene rings is 2. The Morgan fingerprint density at radius 3 is 2.57 bits per heavy atom. The first-order valence-electron chi connectivity index (χ1n) is 9.50. The maximum atomic E-state index is 12.6. The Hall–Kier alpha value is -3.08. The molecule has 0 unspecified atom stereocenters. The third kappa shape index (κ3) is 4.25. The summed E-state index contributed by atoms with van der Waals surface area (Å²) in [4.78, 5) is 25.1. The Labute approximate surface area is 165 Å². The number of rotatable bonds is 6. The van der Waals surface area contributed by atoms with Crippen molar-refractivity contribution in [1.82, 2.24) is 5.32 Å². The molecule has 146 valence electrons. The normalized spacial score (nSPS) is 11.0. The van der Waals surface area contributed by atoms with Gasteiger partial charge in [-0.15, -0.1) is 0 Å². The highest BCUT2D eigenvalue weighted by molar-refractivity contribution is 6.04. The molecule has 3 aromatic rings. The summed E-state index contributed by atoms with van der Waals surface area (Å²) < 4.78 is 5.68. The van der Waals surface area contributed by atoms with E-state index in [1.165, 1.54) is 0 Å². The van der Waals surface area contributed by atoms with Crippen LogP contribution >= 0.6 is 0 Å². The fourth-order valence-electron chi connectivity index (χ4n) is 3.07. The third-order valence-electron chi connectivity index (χ3n) is 4.81. The van der Waals surface area contributed by atoms with Crippen molar-refractivity contribution in [3.8, 4) is 0 Å². The van der Waals surface area contributed by atoms with E-state index in [0.29, 0.717) is 23.7 Å². The topological polar surface area (TPSA) is 71.3 Å². The molecule has 2 amide bonds. The van der Waals surface area contributed by atoms with Crippen LogP contribution in [0.2, 0.25) is 0 Å². The minimum Gasteiger partial charge on any atom is -0.464 e. The zero-order valence-corrected chi connectivity index (χ0v) is 16.8. The van der Waals surface area contributed by atoms with E-state index in [-0.39, 0.29) is 18.2 Å². The van der Waals surface area contributed by atoms with Gasteiger partial charge in [-0.25, -0.2) is 0 Å². The van der Waals surface area contributed by atoms with Crippen molar-refractivity contribution in [2.45, 2.75) is 34.1 Å². The van der Waals surface area contributed by atoms with Crippen LogP contribution < -0.4 is 10.6 Å². The number of aryl methyl sites for hydroxylation is 2. The monoisotopic (exact) mass is 378 g/mol.